The first-order valence-electron chi connectivity index (χ1n) is 7.22. The Bertz CT molecular complexity index is 977. The molecule has 0 bridgehead atoms. The average molecular weight is 352 g/mol. The van der Waals surface area contributed by atoms with Crippen LogP contribution in [0.25, 0.3) is 10.9 Å². The normalized spacial score (nSPS) is 11.9. The van der Waals surface area contributed by atoms with Gasteiger partial charge in [-0.25, -0.2) is 9.18 Å². The number of carbonyl (C=O) groups is 1. The van der Waals surface area contributed by atoms with Crippen LogP contribution in [0.4, 0.5) is 17.6 Å². The minimum atomic E-state index is -4.47. The van der Waals surface area contributed by atoms with E-state index in [-0.39, 0.29) is 17.5 Å². The van der Waals surface area contributed by atoms with Crippen LogP contribution in [0.15, 0.2) is 36.5 Å². The van der Waals surface area contributed by atoms with Crippen molar-refractivity contribution in [2.75, 3.05) is 0 Å². The fourth-order valence-corrected chi connectivity index (χ4v) is 2.76. The lowest BCUT2D eigenvalue weighted by Gasteiger charge is -2.11. The Morgan fingerprint density at radius 1 is 1.28 bits per heavy atom. The second kappa shape index (κ2) is 5.87. The van der Waals surface area contributed by atoms with Crippen molar-refractivity contribution in [2.24, 2.45) is 0 Å². The number of hydrogen-bond acceptors (Lipinski definition) is 2. The summed E-state index contributed by atoms with van der Waals surface area (Å²) < 4.78 is 54.3. The maximum absolute atomic E-state index is 14.3. The molecule has 3 aromatic rings. The Balaban J connectivity index is 2.07. The number of rotatable bonds is 3. The molecule has 0 radical (unpaired) electrons. The molecule has 0 fully saturated rings. The van der Waals surface area contributed by atoms with Crippen LogP contribution in [0.5, 0.6) is 0 Å². The van der Waals surface area contributed by atoms with Crippen LogP contribution in [-0.4, -0.2) is 20.9 Å². The Hall–Kier alpha value is -2.90. The quantitative estimate of drug-likeness (QED) is 0.717. The van der Waals surface area contributed by atoms with Crippen molar-refractivity contribution in [1.29, 1.82) is 0 Å². The smallest absolute Gasteiger partial charge is 0.416 e. The van der Waals surface area contributed by atoms with Gasteiger partial charge in [0.1, 0.15) is 5.82 Å². The number of halogens is 4. The summed E-state index contributed by atoms with van der Waals surface area (Å²) in [7, 11) is 0. The van der Waals surface area contributed by atoms with Crippen molar-refractivity contribution < 1.29 is 27.5 Å². The molecule has 1 aromatic heterocycles. The third kappa shape index (κ3) is 3.07. The second-order valence-corrected chi connectivity index (χ2v) is 5.61. The zero-order valence-corrected chi connectivity index (χ0v) is 12.9. The zero-order valence-electron chi connectivity index (χ0n) is 12.9. The summed E-state index contributed by atoms with van der Waals surface area (Å²) in [4.78, 5) is 11.0. The number of fused-ring (bicyclic) bond motifs is 1. The highest BCUT2D eigenvalue weighted by Crippen LogP contribution is 2.33. The molecule has 4 nitrogen and oxygen atoms in total. The molecule has 0 aliphatic carbocycles. The molecule has 25 heavy (non-hydrogen) atoms. The van der Waals surface area contributed by atoms with Crippen molar-refractivity contribution in [3.63, 3.8) is 0 Å². The molecule has 0 atom stereocenters. The van der Waals surface area contributed by atoms with E-state index in [2.05, 4.69) is 5.10 Å². The molecule has 3 rings (SSSR count). The summed E-state index contributed by atoms with van der Waals surface area (Å²) in [5.74, 6) is -2.28. The molecule has 0 aliphatic heterocycles. The Morgan fingerprint density at radius 2 is 2.00 bits per heavy atom. The number of hydrogen-bond donors (Lipinski definition) is 1. The van der Waals surface area contributed by atoms with Gasteiger partial charge in [-0.3, -0.25) is 4.68 Å². The fourth-order valence-electron chi connectivity index (χ4n) is 2.76. The van der Waals surface area contributed by atoms with Crippen LogP contribution >= 0.6 is 0 Å². The van der Waals surface area contributed by atoms with E-state index in [4.69, 9.17) is 5.11 Å². The number of aromatic nitrogens is 2. The molecular weight excluding hydrogens is 340 g/mol. The molecule has 1 heterocycles. The highest BCUT2D eigenvalue weighted by atomic mass is 19.4. The topological polar surface area (TPSA) is 55.1 Å². The molecule has 0 amide bonds. The van der Waals surface area contributed by atoms with Gasteiger partial charge in [0, 0.05) is 10.9 Å². The number of carboxylic acids is 1. The van der Waals surface area contributed by atoms with Gasteiger partial charge in [-0.2, -0.15) is 18.3 Å². The van der Waals surface area contributed by atoms with E-state index in [9.17, 15) is 22.4 Å². The van der Waals surface area contributed by atoms with E-state index < -0.39 is 29.1 Å². The number of carboxylic acid groups (broad SMARTS) is 1. The molecule has 8 heteroatoms. The standard InChI is InChI=1S/C17H12F4N2O2/c1-9-5-12(17(19,20)21)6-11-7-22-23(15(9)11)8-10-3-2-4-13(14(10)18)16(24)25/h2-7H,8H2,1H3,(H,24,25). The molecule has 0 spiro atoms. The van der Waals surface area contributed by atoms with Gasteiger partial charge in [-0.05, 0) is 30.7 Å². The summed E-state index contributed by atoms with van der Waals surface area (Å²) in [6.07, 6.45) is -3.19. The van der Waals surface area contributed by atoms with Crippen LogP contribution in [0.2, 0.25) is 0 Å². The number of aryl methyl sites for hydroxylation is 1. The zero-order chi connectivity index (χ0) is 18.4. The Kier molecular flexibility index (Phi) is 3.98. The fraction of sp³-hybridized carbons (Fsp3) is 0.176. The van der Waals surface area contributed by atoms with Gasteiger partial charge in [-0.1, -0.05) is 12.1 Å². The van der Waals surface area contributed by atoms with E-state index >= 15 is 0 Å². The van der Waals surface area contributed by atoms with E-state index in [1.54, 1.807) is 0 Å². The molecule has 0 saturated heterocycles. The minimum Gasteiger partial charge on any atom is -0.478 e. The van der Waals surface area contributed by atoms with Crippen LogP contribution < -0.4 is 0 Å². The first kappa shape index (κ1) is 16.9. The highest BCUT2D eigenvalue weighted by Gasteiger charge is 2.31. The molecule has 0 aliphatic rings. The van der Waals surface area contributed by atoms with Crippen molar-refractivity contribution in [3.05, 3.63) is 64.6 Å². The summed E-state index contributed by atoms with van der Waals surface area (Å²) in [5.41, 5.74) is -0.379. The third-order valence-corrected chi connectivity index (χ3v) is 3.88. The van der Waals surface area contributed by atoms with Gasteiger partial charge < -0.3 is 5.11 Å². The summed E-state index contributed by atoms with van der Waals surface area (Å²) in [5, 5.41) is 13.3. The predicted octanol–water partition coefficient (Wildman–Crippen LogP) is 4.25. The second-order valence-electron chi connectivity index (χ2n) is 5.61. The first-order chi connectivity index (χ1) is 11.7. The van der Waals surface area contributed by atoms with Gasteiger partial charge >= 0.3 is 12.1 Å². The summed E-state index contributed by atoms with van der Waals surface area (Å²) in [6, 6.07) is 5.94. The minimum absolute atomic E-state index is 0.0872. The van der Waals surface area contributed by atoms with Crippen molar-refractivity contribution in [2.45, 2.75) is 19.6 Å². The third-order valence-electron chi connectivity index (χ3n) is 3.88. The Labute approximate surface area is 139 Å². The van der Waals surface area contributed by atoms with E-state index in [1.165, 1.54) is 29.9 Å². The van der Waals surface area contributed by atoms with E-state index in [0.29, 0.717) is 11.1 Å². The summed E-state index contributed by atoms with van der Waals surface area (Å²) in [6.45, 7) is 1.42. The van der Waals surface area contributed by atoms with E-state index in [0.717, 1.165) is 18.2 Å². The predicted molar refractivity (Wildman–Crippen MR) is 81.9 cm³/mol. The SMILES string of the molecule is Cc1cc(C(F)(F)F)cc2cnn(Cc3cccc(C(=O)O)c3F)c12. The maximum Gasteiger partial charge on any atom is 0.416 e. The molecule has 0 unspecified atom stereocenters. The van der Waals surface area contributed by atoms with Crippen LogP contribution in [-0.2, 0) is 12.7 Å². The number of alkyl halides is 3. The summed E-state index contributed by atoms with van der Waals surface area (Å²) >= 11 is 0. The molecule has 1 N–H and O–H groups in total. The lowest BCUT2D eigenvalue weighted by atomic mass is 10.1. The molecular formula is C17H12F4N2O2. The largest absolute Gasteiger partial charge is 0.478 e. The van der Waals surface area contributed by atoms with Gasteiger partial charge in [0.15, 0.2) is 0 Å². The monoisotopic (exact) mass is 352 g/mol. The number of benzene rings is 2. The first-order valence-corrected chi connectivity index (χ1v) is 7.22. The van der Waals surface area contributed by atoms with Crippen LogP contribution in [0.3, 0.4) is 0 Å². The average Bonchev–Trinajstić information content (AvgIpc) is 2.92. The van der Waals surface area contributed by atoms with E-state index in [1.807, 2.05) is 0 Å². The van der Waals surface area contributed by atoms with Gasteiger partial charge in [0.2, 0.25) is 0 Å². The van der Waals surface area contributed by atoms with Gasteiger partial charge in [0.05, 0.1) is 29.4 Å². The number of aromatic carboxylic acids is 1. The lowest BCUT2D eigenvalue weighted by Crippen LogP contribution is -2.09. The van der Waals surface area contributed by atoms with Gasteiger partial charge in [-0.15, -0.1) is 0 Å². The van der Waals surface area contributed by atoms with Crippen molar-refractivity contribution in [3.8, 4) is 0 Å². The van der Waals surface area contributed by atoms with Gasteiger partial charge in [0.25, 0.3) is 0 Å². The molecule has 0 saturated carbocycles. The lowest BCUT2D eigenvalue weighted by molar-refractivity contribution is -0.137. The van der Waals surface area contributed by atoms with Crippen LogP contribution in [0, 0.1) is 12.7 Å². The molecule has 130 valence electrons. The molecule has 2 aromatic carbocycles. The van der Waals surface area contributed by atoms with Crippen molar-refractivity contribution in [1.82, 2.24) is 9.78 Å². The maximum atomic E-state index is 14.3. The highest BCUT2D eigenvalue weighted by molar-refractivity contribution is 5.88. The number of nitrogens with zero attached hydrogens (tertiary/aromatic N) is 2. The van der Waals surface area contributed by atoms with Crippen molar-refractivity contribution >= 4 is 16.9 Å². The van der Waals surface area contributed by atoms with Crippen LogP contribution in [0.1, 0.15) is 27.0 Å². The Morgan fingerprint density at radius 3 is 2.64 bits per heavy atom.